The molecule has 0 bridgehead atoms. The Balaban J connectivity index is 3.16. The van der Waals surface area contributed by atoms with E-state index in [4.69, 9.17) is 18.9 Å². The summed E-state index contributed by atoms with van der Waals surface area (Å²) in [6.07, 6.45) is 23.5. The van der Waals surface area contributed by atoms with Gasteiger partial charge in [-0.2, -0.15) is 0 Å². The minimum Gasteiger partial charge on any atom is -0.379 e. The van der Waals surface area contributed by atoms with E-state index in [1.807, 2.05) is 0 Å². The number of rotatable bonds is 30. The summed E-state index contributed by atoms with van der Waals surface area (Å²) < 4.78 is 23.7. The van der Waals surface area contributed by atoms with Gasteiger partial charge in [-0.3, -0.25) is 0 Å². The van der Waals surface area contributed by atoms with E-state index in [0.29, 0.717) is 19.8 Å². The third-order valence-electron chi connectivity index (χ3n) is 6.61. The van der Waals surface area contributed by atoms with Gasteiger partial charge in [0.1, 0.15) is 6.54 Å². The van der Waals surface area contributed by atoms with Crippen LogP contribution in [0.1, 0.15) is 123 Å². The Labute approximate surface area is 226 Å². The molecular weight excluding hydrogens is 450 g/mol. The Morgan fingerprint density at radius 1 is 0.472 bits per heavy atom. The van der Waals surface area contributed by atoms with Crippen LogP contribution in [0.3, 0.4) is 0 Å². The van der Waals surface area contributed by atoms with Crippen molar-refractivity contribution >= 4 is 0 Å². The molecule has 0 amide bonds. The molecule has 0 heterocycles. The van der Waals surface area contributed by atoms with Gasteiger partial charge in [0.25, 0.3) is 0 Å². The molecule has 0 N–H and O–H groups in total. The maximum Gasteiger partial charge on any atom is 0.102 e. The van der Waals surface area contributed by atoms with Crippen LogP contribution in [-0.4, -0.2) is 84.5 Å². The molecule has 0 aliphatic heterocycles. The van der Waals surface area contributed by atoms with E-state index in [-0.39, 0.29) is 6.10 Å². The summed E-state index contributed by atoms with van der Waals surface area (Å²) in [5, 5.41) is 0. The molecule has 0 aliphatic rings. The highest BCUT2D eigenvalue weighted by Gasteiger charge is 2.05. The van der Waals surface area contributed by atoms with Crippen molar-refractivity contribution in [3.8, 4) is 0 Å². The number of hydrogen-bond donors (Lipinski definition) is 0. The van der Waals surface area contributed by atoms with E-state index >= 15 is 0 Å². The van der Waals surface area contributed by atoms with Crippen molar-refractivity contribution in [2.24, 2.45) is 0 Å². The summed E-state index contributed by atoms with van der Waals surface area (Å²) in [5.74, 6) is 0. The zero-order valence-electron chi connectivity index (χ0n) is 25.3. The summed E-state index contributed by atoms with van der Waals surface area (Å²) in [6.45, 7) is 10.5. The Bertz CT molecular complexity index is 414. The highest BCUT2D eigenvalue weighted by Crippen LogP contribution is 2.13. The predicted octanol–water partition coefficient (Wildman–Crippen LogP) is 7.80. The fraction of sp³-hybridized carbons (Fsp3) is 1.00. The summed E-state index contributed by atoms with van der Waals surface area (Å²) in [4.78, 5) is 0. The Kier molecular flexibility index (Phi) is 27.7. The van der Waals surface area contributed by atoms with Crippen LogP contribution in [0.4, 0.5) is 0 Å². The Morgan fingerprint density at radius 3 is 1.42 bits per heavy atom. The molecule has 218 valence electrons. The van der Waals surface area contributed by atoms with Crippen LogP contribution in [0.25, 0.3) is 0 Å². The van der Waals surface area contributed by atoms with Gasteiger partial charge in [0.05, 0.1) is 53.7 Å². The molecule has 0 saturated heterocycles. The van der Waals surface area contributed by atoms with Crippen molar-refractivity contribution in [2.45, 2.75) is 129 Å². The summed E-state index contributed by atoms with van der Waals surface area (Å²) >= 11 is 0. The average Bonchev–Trinajstić information content (AvgIpc) is 2.83. The van der Waals surface area contributed by atoms with Gasteiger partial charge >= 0.3 is 0 Å². The molecule has 0 saturated carbocycles. The zero-order chi connectivity index (χ0) is 26.6. The van der Waals surface area contributed by atoms with E-state index in [1.54, 1.807) is 0 Å². The summed E-state index contributed by atoms with van der Waals surface area (Å²) in [7, 11) is 6.52. The number of quaternary nitrogens is 1. The van der Waals surface area contributed by atoms with Crippen molar-refractivity contribution in [3.63, 3.8) is 0 Å². The Hall–Kier alpha value is -0.200. The molecule has 0 fully saturated rings. The fourth-order valence-electron chi connectivity index (χ4n) is 4.16. The molecule has 5 heteroatoms. The maximum absolute atomic E-state index is 5.82. The van der Waals surface area contributed by atoms with Crippen molar-refractivity contribution in [1.82, 2.24) is 0 Å². The molecule has 0 spiro atoms. The van der Waals surface area contributed by atoms with Gasteiger partial charge in [0.15, 0.2) is 0 Å². The average molecular weight is 517 g/mol. The van der Waals surface area contributed by atoms with E-state index in [0.717, 1.165) is 43.9 Å². The molecule has 5 nitrogen and oxygen atoms in total. The number of hydrogen-bond acceptors (Lipinski definition) is 4. The monoisotopic (exact) mass is 516 g/mol. The Morgan fingerprint density at radius 2 is 0.917 bits per heavy atom. The molecule has 0 radical (unpaired) electrons. The molecule has 0 aliphatic carbocycles. The second-order valence-corrected chi connectivity index (χ2v) is 11.7. The molecule has 0 aromatic heterocycles. The number of unbranched alkanes of at least 4 members (excludes halogenated alkanes) is 15. The molecule has 1 unspecified atom stereocenters. The summed E-state index contributed by atoms with van der Waals surface area (Å²) in [6, 6.07) is 0. The number of likely N-dealkylation sites (N-methyl/N-ethyl adjacent to an activating group) is 1. The predicted molar refractivity (Wildman–Crippen MR) is 155 cm³/mol. The van der Waals surface area contributed by atoms with Crippen molar-refractivity contribution in [3.05, 3.63) is 0 Å². The minimum atomic E-state index is 0.157. The van der Waals surface area contributed by atoms with Crippen LogP contribution in [0, 0.1) is 0 Å². The molecule has 36 heavy (non-hydrogen) atoms. The second-order valence-electron chi connectivity index (χ2n) is 11.7. The topological polar surface area (TPSA) is 36.9 Å². The van der Waals surface area contributed by atoms with E-state index in [2.05, 4.69) is 35.0 Å². The van der Waals surface area contributed by atoms with Crippen LogP contribution < -0.4 is 0 Å². The van der Waals surface area contributed by atoms with E-state index in [9.17, 15) is 0 Å². The van der Waals surface area contributed by atoms with Gasteiger partial charge in [0.2, 0.25) is 0 Å². The smallest absolute Gasteiger partial charge is 0.102 e. The first-order valence-corrected chi connectivity index (χ1v) is 15.6. The highest BCUT2D eigenvalue weighted by molar-refractivity contribution is 4.51. The number of ether oxygens (including phenoxy) is 4. The van der Waals surface area contributed by atoms with Gasteiger partial charge < -0.3 is 23.4 Å². The first-order valence-electron chi connectivity index (χ1n) is 15.6. The van der Waals surface area contributed by atoms with Crippen molar-refractivity contribution in [1.29, 1.82) is 0 Å². The molecular formula is C31H66NO4+. The van der Waals surface area contributed by atoms with E-state index in [1.165, 1.54) is 103 Å². The lowest BCUT2D eigenvalue weighted by atomic mass is 10.0. The lowest BCUT2D eigenvalue weighted by Crippen LogP contribution is -2.37. The normalized spacial score (nSPS) is 12.9. The van der Waals surface area contributed by atoms with Gasteiger partial charge in [-0.05, 0) is 19.8 Å². The maximum atomic E-state index is 5.82. The molecule has 0 aromatic rings. The first kappa shape index (κ1) is 35.8. The van der Waals surface area contributed by atoms with Gasteiger partial charge in [-0.25, -0.2) is 0 Å². The largest absolute Gasteiger partial charge is 0.379 e. The van der Waals surface area contributed by atoms with E-state index < -0.39 is 0 Å². The van der Waals surface area contributed by atoms with Crippen LogP contribution in [0.2, 0.25) is 0 Å². The standard InChI is InChI=1S/C31H66NO4/c1-6-7-8-9-10-11-12-13-14-15-16-17-18-19-20-21-24-35-30-31(2)36-26-22-25-33-28-29-34-27-23-32(3,4)5/h31H,6-30H2,1-5H3/q+1. The van der Waals surface area contributed by atoms with Gasteiger partial charge in [0, 0.05) is 19.8 Å². The lowest BCUT2D eigenvalue weighted by Gasteiger charge is -2.23. The molecule has 0 aromatic carbocycles. The van der Waals surface area contributed by atoms with Crippen LogP contribution in [0.5, 0.6) is 0 Å². The molecule has 1 atom stereocenters. The second kappa shape index (κ2) is 27.8. The third-order valence-corrected chi connectivity index (χ3v) is 6.61. The molecule has 0 rings (SSSR count). The third kappa shape index (κ3) is 31.8. The van der Waals surface area contributed by atoms with Crippen molar-refractivity contribution in [2.75, 3.05) is 73.9 Å². The van der Waals surface area contributed by atoms with Crippen molar-refractivity contribution < 1.29 is 23.4 Å². The van der Waals surface area contributed by atoms with Gasteiger partial charge in [-0.15, -0.1) is 0 Å². The zero-order valence-corrected chi connectivity index (χ0v) is 25.3. The van der Waals surface area contributed by atoms with Gasteiger partial charge in [-0.1, -0.05) is 103 Å². The highest BCUT2D eigenvalue weighted by atomic mass is 16.5. The van der Waals surface area contributed by atoms with Crippen LogP contribution in [0.15, 0.2) is 0 Å². The minimum absolute atomic E-state index is 0.157. The summed E-state index contributed by atoms with van der Waals surface area (Å²) in [5.41, 5.74) is 0. The lowest BCUT2D eigenvalue weighted by molar-refractivity contribution is -0.870. The number of nitrogens with zero attached hydrogens (tertiary/aromatic N) is 1. The van der Waals surface area contributed by atoms with Crippen LogP contribution >= 0.6 is 0 Å². The van der Waals surface area contributed by atoms with Crippen LogP contribution in [-0.2, 0) is 18.9 Å². The SMILES string of the molecule is CCCCCCCCCCCCCCCCCCOCC(C)OCCCOCCOCC[N+](C)(C)C. The quantitative estimate of drug-likeness (QED) is 0.0721. The first-order chi connectivity index (χ1) is 17.5. The fourth-order valence-corrected chi connectivity index (χ4v) is 4.16.